The van der Waals surface area contributed by atoms with Crippen LogP contribution in [-0.4, -0.2) is 39.3 Å². The van der Waals surface area contributed by atoms with Gasteiger partial charge >= 0.3 is 6.61 Å². The number of carbonyl (C=O) groups is 1. The number of fused-ring (bicyclic) bond motifs is 1. The molecule has 6 nitrogen and oxygen atoms in total. The van der Waals surface area contributed by atoms with Crippen molar-refractivity contribution in [2.45, 2.75) is 25.2 Å². The molecule has 0 atom stereocenters. The van der Waals surface area contributed by atoms with Gasteiger partial charge in [-0.05, 0) is 48.9 Å². The van der Waals surface area contributed by atoms with E-state index in [0.29, 0.717) is 34.8 Å². The molecule has 1 heterocycles. The van der Waals surface area contributed by atoms with Gasteiger partial charge < -0.3 is 9.64 Å². The summed E-state index contributed by atoms with van der Waals surface area (Å²) < 4.78 is 30.9. The van der Waals surface area contributed by atoms with Crippen molar-refractivity contribution in [2.75, 3.05) is 12.3 Å². The second kappa shape index (κ2) is 11.1. The van der Waals surface area contributed by atoms with Crippen molar-refractivity contribution in [3.8, 4) is 11.4 Å². The number of para-hydroxylation sites is 1. The van der Waals surface area contributed by atoms with Crippen molar-refractivity contribution in [3.63, 3.8) is 0 Å². The van der Waals surface area contributed by atoms with Crippen molar-refractivity contribution in [1.82, 2.24) is 14.5 Å². The molecule has 3 aromatic carbocycles. The smallest absolute Gasteiger partial charge is 0.387 e. The number of hydrogen-bond acceptors (Lipinski definition) is 5. The Morgan fingerprint density at radius 1 is 1.03 bits per heavy atom. The van der Waals surface area contributed by atoms with Gasteiger partial charge in [0.2, 0.25) is 5.91 Å². The SMILES string of the molecule is CCN(Cc1ccccc1)C(=O)CSc1nc2ccccc2c(=O)n1-c1ccc(OC(F)F)cc1. The van der Waals surface area contributed by atoms with E-state index in [4.69, 9.17) is 0 Å². The largest absolute Gasteiger partial charge is 0.435 e. The zero-order valence-electron chi connectivity index (χ0n) is 18.9. The minimum Gasteiger partial charge on any atom is -0.435 e. The summed E-state index contributed by atoms with van der Waals surface area (Å²) in [6.45, 7) is -0.00271. The first-order chi connectivity index (χ1) is 17.0. The highest BCUT2D eigenvalue weighted by atomic mass is 32.2. The number of rotatable bonds is 9. The molecule has 4 rings (SSSR count). The van der Waals surface area contributed by atoms with Crippen molar-refractivity contribution in [1.29, 1.82) is 0 Å². The van der Waals surface area contributed by atoms with Gasteiger partial charge in [0.15, 0.2) is 5.16 Å². The van der Waals surface area contributed by atoms with E-state index in [9.17, 15) is 18.4 Å². The van der Waals surface area contributed by atoms with E-state index >= 15 is 0 Å². The summed E-state index contributed by atoms with van der Waals surface area (Å²) in [5.74, 6) is -0.0247. The third-order valence-corrected chi connectivity index (χ3v) is 6.26. The number of aromatic nitrogens is 2. The molecule has 0 aliphatic rings. The second-order valence-corrected chi connectivity index (χ2v) is 8.55. The van der Waals surface area contributed by atoms with E-state index in [1.165, 1.54) is 28.8 Å². The molecular weight excluding hydrogens is 472 g/mol. The van der Waals surface area contributed by atoms with E-state index in [1.54, 1.807) is 29.2 Å². The number of hydrogen-bond donors (Lipinski definition) is 0. The van der Waals surface area contributed by atoms with Crippen LogP contribution in [-0.2, 0) is 11.3 Å². The molecule has 180 valence electrons. The molecule has 0 saturated carbocycles. The zero-order chi connectivity index (χ0) is 24.8. The lowest BCUT2D eigenvalue weighted by Crippen LogP contribution is -2.32. The van der Waals surface area contributed by atoms with Gasteiger partial charge in [-0.2, -0.15) is 8.78 Å². The van der Waals surface area contributed by atoms with Crippen LogP contribution < -0.4 is 10.3 Å². The van der Waals surface area contributed by atoms with Crippen LogP contribution in [0.1, 0.15) is 12.5 Å². The monoisotopic (exact) mass is 495 g/mol. The topological polar surface area (TPSA) is 64.4 Å². The van der Waals surface area contributed by atoms with Crippen LogP contribution >= 0.6 is 11.8 Å². The average molecular weight is 496 g/mol. The van der Waals surface area contributed by atoms with E-state index in [1.807, 2.05) is 37.3 Å². The fourth-order valence-electron chi connectivity index (χ4n) is 3.61. The first-order valence-corrected chi connectivity index (χ1v) is 12.0. The van der Waals surface area contributed by atoms with Crippen molar-refractivity contribution >= 4 is 28.6 Å². The second-order valence-electron chi connectivity index (χ2n) is 7.61. The molecule has 0 aliphatic carbocycles. The van der Waals surface area contributed by atoms with Gasteiger partial charge in [-0.25, -0.2) is 4.98 Å². The van der Waals surface area contributed by atoms with Gasteiger partial charge in [-0.15, -0.1) is 0 Å². The summed E-state index contributed by atoms with van der Waals surface area (Å²) >= 11 is 1.16. The predicted molar refractivity (Wildman–Crippen MR) is 132 cm³/mol. The van der Waals surface area contributed by atoms with Crippen molar-refractivity contribution in [2.24, 2.45) is 0 Å². The van der Waals surface area contributed by atoms with Gasteiger partial charge in [0.25, 0.3) is 5.56 Å². The molecule has 4 aromatic rings. The van der Waals surface area contributed by atoms with E-state index in [2.05, 4.69) is 9.72 Å². The number of alkyl halides is 2. The van der Waals surface area contributed by atoms with E-state index in [-0.39, 0.29) is 23.0 Å². The molecule has 0 bridgehead atoms. The molecule has 0 fully saturated rings. The Kier molecular flexibility index (Phi) is 7.77. The summed E-state index contributed by atoms with van der Waals surface area (Å²) in [6.07, 6.45) is 0. The first kappa shape index (κ1) is 24.4. The minimum atomic E-state index is -2.94. The summed E-state index contributed by atoms with van der Waals surface area (Å²) in [7, 11) is 0. The molecule has 35 heavy (non-hydrogen) atoms. The minimum absolute atomic E-state index is 0.0190. The van der Waals surface area contributed by atoms with Crippen LogP contribution in [0.25, 0.3) is 16.6 Å². The number of halogens is 2. The van der Waals surface area contributed by atoms with Gasteiger partial charge in [0.05, 0.1) is 22.3 Å². The van der Waals surface area contributed by atoms with Gasteiger partial charge in [-0.3, -0.25) is 14.2 Å². The Hall–Kier alpha value is -3.72. The normalized spacial score (nSPS) is 11.1. The maximum absolute atomic E-state index is 13.4. The van der Waals surface area contributed by atoms with Crippen LogP contribution in [0.15, 0.2) is 88.8 Å². The lowest BCUT2D eigenvalue weighted by Gasteiger charge is -2.21. The molecule has 0 N–H and O–H groups in total. The number of amides is 1. The standard InChI is InChI=1S/C26H23F2N3O3S/c1-2-30(16-18-8-4-3-5-9-18)23(32)17-35-26-29-22-11-7-6-10-21(22)24(33)31(26)19-12-14-20(15-13-19)34-25(27)28/h3-15,25H,2,16-17H2,1H3. The van der Waals surface area contributed by atoms with Crippen LogP contribution in [0.3, 0.4) is 0 Å². The van der Waals surface area contributed by atoms with E-state index in [0.717, 1.165) is 17.3 Å². The maximum atomic E-state index is 13.4. The quantitative estimate of drug-likeness (QED) is 0.238. The third kappa shape index (κ3) is 5.86. The molecule has 1 aromatic heterocycles. The highest BCUT2D eigenvalue weighted by molar-refractivity contribution is 7.99. The fraction of sp³-hybridized carbons (Fsp3) is 0.192. The molecule has 0 saturated heterocycles. The molecule has 0 aliphatic heterocycles. The average Bonchev–Trinajstić information content (AvgIpc) is 2.87. The number of thioether (sulfide) groups is 1. The Morgan fingerprint density at radius 2 is 1.71 bits per heavy atom. The lowest BCUT2D eigenvalue weighted by atomic mass is 10.2. The Morgan fingerprint density at radius 3 is 2.40 bits per heavy atom. The van der Waals surface area contributed by atoms with Crippen LogP contribution in [0.2, 0.25) is 0 Å². The molecule has 0 unspecified atom stereocenters. The van der Waals surface area contributed by atoms with Gasteiger partial charge in [0.1, 0.15) is 5.75 Å². The molecule has 1 amide bonds. The maximum Gasteiger partial charge on any atom is 0.387 e. The number of ether oxygens (including phenoxy) is 1. The highest BCUT2D eigenvalue weighted by Crippen LogP contribution is 2.24. The Labute approximate surface area is 205 Å². The highest BCUT2D eigenvalue weighted by Gasteiger charge is 2.18. The van der Waals surface area contributed by atoms with Crippen LogP contribution in [0.5, 0.6) is 5.75 Å². The van der Waals surface area contributed by atoms with Gasteiger partial charge in [0, 0.05) is 13.1 Å². The van der Waals surface area contributed by atoms with Gasteiger partial charge in [-0.1, -0.05) is 54.2 Å². The zero-order valence-corrected chi connectivity index (χ0v) is 19.8. The van der Waals surface area contributed by atoms with Crippen molar-refractivity contribution < 1.29 is 18.3 Å². The summed E-state index contributed by atoms with van der Waals surface area (Å²) in [5.41, 5.74) is 1.66. The first-order valence-electron chi connectivity index (χ1n) is 11.0. The molecule has 0 radical (unpaired) electrons. The lowest BCUT2D eigenvalue weighted by molar-refractivity contribution is -0.128. The molecule has 0 spiro atoms. The summed E-state index contributed by atoms with van der Waals surface area (Å²) in [5, 5.41) is 0.746. The number of nitrogens with zero attached hydrogens (tertiary/aromatic N) is 3. The fourth-order valence-corrected chi connectivity index (χ4v) is 4.53. The predicted octanol–water partition coefficient (Wildman–Crippen LogP) is 5.13. The van der Waals surface area contributed by atoms with Crippen LogP contribution in [0.4, 0.5) is 8.78 Å². The van der Waals surface area contributed by atoms with Crippen LogP contribution in [0, 0.1) is 0 Å². The molecular formula is C26H23F2N3O3S. The Bertz CT molecular complexity index is 1360. The van der Waals surface area contributed by atoms with E-state index < -0.39 is 6.61 Å². The number of benzene rings is 3. The van der Waals surface area contributed by atoms with Crippen molar-refractivity contribution in [3.05, 3.63) is 94.8 Å². The summed E-state index contributed by atoms with van der Waals surface area (Å²) in [4.78, 5) is 32.7. The number of carbonyl (C=O) groups excluding carboxylic acids is 1. The Balaban J connectivity index is 1.63. The summed E-state index contributed by atoms with van der Waals surface area (Å²) in [6, 6.07) is 22.4. The third-order valence-electron chi connectivity index (χ3n) is 5.34. The molecule has 9 heteroatoms.